The van der Waals surface area contributed by atoms with Crippen LogP contribution in [0.2, 0.25) is 0 Å². The van der Waals surface area contributed by atoms with Crippen LogP contribution in [0, 0.1) is 23.2 Å². The highest BCUT2D eigenvalue weighted by Crippen LogP contribution is 2.48. The summed E-state index contributed by atoms with van der Waals surface area (Å²) < 4.78 is 0. The minimum Gasteiger partial charge on any atom is -0.331 e. The number of amides is 2. The van der Waals surface area contributed by atoms with Gasteiger partial charge in [-0.2, -0.15) is 5.26 Å². The third-order valence-corrected chi connectivity index (χ3v) is 7.09. The highest BCUT2D eigenvalue weighted by atomic mass is 16.2. The van der Waals surface area contributed by atoms with Gasteiger partial charge in [0.05, 0.1) is 18.3 Å². The first-order chi connectivity index (χ1) is 13.6. The molecule has 28 heavy (non-hydrogen) atoms. The van der Waals surface area contributed by atoms with E-state index >= 15 is 0 Å². The molecule has 5 rings (SSSR count). The van der Waals surface area contributed by atoms with Crippen molar-refractivity contribution in [3.05, 3.63) is 24.3 Å². The summed E-state index contributed by atoms with van der Waals surface area (Å²) in [4.78, 5) is 37.8. The highest BCUT2D eigenvalue weighted by molar-refractivity contribution is 5.92. The third-order valence-electron chi connectivity index (χ3n) is 7.09. The van der Waals surface area contributed by atoms with Crippen LogP contribution in [-0.2, 0) is 4.79 Å². The summed E-state index contributed by atoms with van der Waals surface area (Å²) >= 11 is 0. The molecule has 3 saturated heterocycles. The van der Waals surface area contributed by atoms with E-state index in [-0.39, 0.29) is 41.9 Å². The number of aromatic nitrogens is 2. The van der Waals surface area contributed by atoms with Crippen LogP contribution in [0.25, 0.3) is 0 Å². The molecule has 6 atom stereocenters. The molecule has 2 N–H and O–H groups in total. The molecule has 0 radical (unpaired) electrons. The number of hydrogen-bond acceptors (Lipinski definition) is 6. The molecule has 2 bridgehead atoms. The van der Waals surface area contributed by atoms with Crippen molar-refractivity contribution in [2.75, 3.05) is 0 Å². The Morgan fingerprint density at radius 3 is 2.54 bits per heavy atom. The fourth-order valence-corrected chi connectivity index (χ4v) is 5.65. The van der Waals surface area contributed by atoms with Gasteiger partial charge in [0.15, 0.2) is 0 Å². The van der Waals surface area contributed by atoms with Crippen LogP contribution in [0.4, 0.5) is 0 Å². The Morgan fingerprint density at radius 2 is 1.89 bits per heavy atom. The van der Waals surface area contributed by atoms with Crippen LogP contribution < -0.4 is 5.73 Å². The summed E-state index contributed by atoms with van der Waals surface area (Å²) in [6.07, 6.45) is 9.71. The molecular formula is C20H24N6O2. The first-order valence-corrected chi connectivity index (χ1v) is 10.1. The normalized spacial score (nSPS) is 36.6. The maximum Gasteiger partial charge on any atom is 0.274 e. The minimum atomic E-state index is -0.591. The van der Waals surface area contributed by atoms with Gasteiger partial charge in [-0.1, -0.05) is 0 Å². The predicted octanol–water partition coefficient (Wildman–Crippen LogP) is 0.700. The molecule has 0 spiro atoms. The number of nitrogens with zero attached hydrogens (tertiary/aromatic N) is 5. The lowest BCUT2D eigenvalue weighted by molar-refractivity contribution is -0.135. The zero-order valence-corrected chi connectivity index (χ0v) is 15.6. The zero-order valence-electron chi connectivity index (χ0n) is 15.6. The molecule has 8 heteroatoms. The fraction of sp³-hybridized carbons (Fsp3) is 0.650. The van der Waals surface area contributed by atoms with Gasteiger partial charge in [0.1, 0.15) is 11.7 Å². The molecule has 1 aliphatic carbocycles. The SMILES string of the molecule is N#C[C@H]1C[C@H]2C[C@H]2N1C(=O)[C@@H](N)C1CC2CCC(C1)N2C(=O)c1cnccn1. The van der Waals surface area contributed by atoms with Crippen LogP contribution in [0.3, 0.4) is 0 Å². The fourth-order valence-electron chi connectivity index (χ4n) is 5.65. The zero-order chi connectivity index (χ0) is 19.4. The molecule has 1 saturated carbocycles. The van der Waals surface area contributed by atoms with E-state index in [1.54, 1.807) is 11.1 Å². The number of carbonyl (C=O) groups is 2. The van der Waals surface area contributed by atoms with E-state index in [4.69, 9.17) is 5.73 Å². The largest absolute Gasteiger partial charge is 0.331 e. The Labute approximate surface area is 163 Å². The quantitative estimate of drug-likeness (QED) is 0.825. The Balaban J connectivity index is 1.29. The molecule has 3 aliphatic heterocycles. The molecule has 2 unspecified atom stereocenters. The van der Waals surface area contributed by atoms with Crippen LogP contribution in [0.15, 0.2) is 18.6 Å². The Morgan fingerprint density at radius 1 is 1.14 bits per heavy atom. The standard InChI is InChI=1S/C20H24N6O2/c21-9-15-5-11-8-17(11)26(15)20(28)18(22)12-6-13-1-2-14(7-12)25(13)19(27)16-10-23-3-4-24-16/h3-4,10-15,17-18H,1-2,5-8,22H2/t11-,12?,13?,14?,15+,17+,18-/m0/s1. The molecule has 4 aliphatic rings. The molecule has 2 amide bonds. The third kappa shape index (κ3) is 2.68. The van der Waals surface area contributed by atoms with Gasteiger partial charge in [-0.25, -0.2) is 4.98 Å². The molecule has 4 heterocycles. The van der Waals surface area contributed by atoms with Gasteiger partial charge in [0.25, 0.3) is 5.91 Å². The van der Waals surface area contributed by atoms with Gasteiger partial charge in [-0.15, -0.1) is 0 Å². The molecule has 1 aromatic rings. The van der Waals surface area contributed by atoms with Crippen molar-refractivity contribution in [1.82, 2.24) is 19.8 Å². The average Bonchev–Trinajstić information content (AvgIpc) is 3.32. The topological polar surface area (TPSA) is 116 Å². The number of piperidine rings is 2. The molecule has 146 valence electrons. The van der Waals surface area contributed by atoms with E-state index in [9.17, 15) is 14.9 Å². The summed E-state index contributed by atoms with van der Waals surface area (Å²) in [6.45, 7) is 0. The maximum atomic E-state index is 13.1. The van der Waals surface area contributed by atoms with Gasteiger partial charge < -0.3 is 15.5 Å². The van der Waals surface area contributed by atoms with Crippen molar-refractivity contribution in [2.45, 2.75) is 68.7 Å². The second-order valence-electron chi connectivity index (χ2n) is 8.63. The molecule has 4 fully saturated rings. The molecular weight excluding hydrogens is 356 g/mol. The van der Waals surface area contributed by atoms with Gasteiger partial charge in [0.2, 0.25) is 5.91 Å². The molecule has 1 aromatic heterocycles. The van der Waals surface area contributed by atoms with Crippen molar-refractivity contribution < 1.29 is 9.59 Å². The first-order valence-electron chi connectivity index (χ1n) is 10.1. The second-order valence-corrected chi connectivity index (χ2v) is 8.63. The number of nitriles is 1. The number of rotatable bonds is 3. The molecule has 0 aromatic carbocycles. The van der Waals surface area contributed by atoms with Crippen LogP contribution in [0.1, 0.15) is 49.0 Å². The number of carbonyl (C=O) groups excluding carboxylic acids is 2. The van der Waals surface area contributed by atoms with E-state index in [1.807, 2.05) is 4.90 Å². The van der Waals surface area contributed by atoms with Crippen LogP contribution in [-0.4, -0.2) is 61.8 Å². The van der Waals surface area contributed by atoms with Crippen molar-refractivity contribution in [3.8, 4) is 6.07 Å². The summed E-state index contributed by atoms with van der Waals surface area (Å²) in [6, 6.07) is 1.76. The van der Waals surface area contributed by atoms with Crippen molar-refractivity contribution in [2.24, 2.45) is 17.6 Å². The Bertz CT molecular complexity index is 825. The van der Waals surface area contributed by atoms with Gasteiger partial charge in [-0.3, -0.25) is 14.6 Å². The van der Waals surface area contributed by atoms with Crippen LogP contribution >= 0.6 is 0 Å². The predicted molar refractivity (Wildman–Crippen MR) is 98.5 cm³/mol. The maximum absolute atomic E-state index is 13.1. The lowest BCUT2D eigenvalue weighted by Crippen LogP contribution is -2.55. The second kappa shape index (κ2) is 6.52. The van der Waals surface area contributed by atoms with Crippen molar-refractivity contribution in [1.29, 1.82) is 5.26 Å². The Kier molecular flexibility index (Phi) is 4.09. The van der Waals surface area contributed by atoms with E-state index in [0.29, 0.717) is 11.6 Å². The van der Waals surface area contributed by atoms with Gasteiger partial charge >= 0.3 is 0 Å². The summed E-state index contributed by atoms with van der Waals surface area (Å²) in [7, 11) is 0. The van der Waals surface area contributed by atoms with E-state index < -0.39 is 6.04 Å². The lowest BCUT2D eigenvalue weighted by Gasteiger charge is -2.41. The first kappa shape index (κ1) is 17.6. The smallest absolute Gasteiger partial charge is 0.274 e. The molecule has 8 nitrogen and oxygen atoms in total. The lowest BCUT2D eigenvalue weighted by atomic mass is 9.84. The summed E-state index contributed by atoms with van der Waals surface area (Å²) in [5.41, 5.74) is 6.80. The van der Waals surface area contributed by atoms with Crippen molar-refractivity contribution in [3.63, 3.8) is 0 Å². The minimum absolute atomic E-state index is 0.0491. The number of nitrogens with two attached hydrogens (primary N) is 1. The van der Waals surface area contributed by atoms with E-state index in [1.165, 1.54) is 12.4 Å². The average molecular weight is 380 g/mol. The summed E-state index contributed by atoms with van der Waals surface area (Å²) in [5.74, 6) is 0.384. The van der Waals surface area contributed by atoms with E-state index in [0.717, 1.165) is 38.5 Å². The number of likely N-dealkylation sites (tertiary alicyclic amines) is 1. The highest BCUT2D eigenvalue weighted by Gasteiger charge is 2.56. The summed E-state index contributed by atoms with van der Waals surface area (Å²) in [5, 5.41) is 9.37. The van der Waals surface area contributed by atoms with Crippen LogP contribution in [0.5, 0.6) is 0 Å². The van der Waals surface area contributed by atoms with E-state index in [2.05, 4.69) is 16.0 Å². The monoisotopic (exact) mass is 380 g/mol. The number of hydrogen-bond donors (Lipinski definition) is 1. The van der Waals surface area contributed by atoms with Gasteiger partial charge in [-0.05, 0) is 50.4 Å². The van der Waals surface area contributed by atoms with Gasteiger partial charge in [0, 0.05) is 30.5 Å². The number of fused-ring (bicyclic) bond motifs is 3. The Hall–Kier alpha value is -2.53. The van der Waals surface area contributed by atoms with Crippen molar-refractivity contribution >= 4 is 11.8 Å².